The van der Waals surface area contributed by atoms with Gasteiger partial charge in [-0.25, -0.2) is 19.0 Å². The SMILES string of the molecule is CC(C)(O)COC1CCC(n2nc(-c3ccc(Nc4nc5cc(Cl)ccc5o4)c(F)c3)c3c(N)ncnc32)CC1. The van der Waals surface area contributed by atoms with Crippen molar-refractivity contribution in [2.75, 3.05) is 17.7 Å². The van der Waals surface area contributed by atoms with Crippen LogP contribution in [0.15, 0.2) is 47.1 Å². The molecular weight excluding hydrogens is 537 g/mol. The first-order valence-corrected chi connectivity index (χ1v) is 13.5. The maximum atomic E-state index is 15.3. The number of nitrogens with one attached hydrogen (secondary N) is 1. The smallest absolute Gasteiger partial charge is 0.300 e. The van der Waals surface area contributed by atoms with Crippen molar-refractivity contribution >= 4 is 51.3 Å². The van der Waals surface area contributed by atoms with Crippen LogP contribution in [0.1, 0.15) is 45.6 Å². The molecule has 4 N–H and O–H groups in total. The number of benzene rings is 2. The van der Waals surface area contributed by atoms with Gasteiger partial charge in [-0.2, -0.15) is 10.1 Å². The number of hydrogen-bond donors (Lipinski definition) is 3. The van der Waals surface area contributed by atoms with Gasteiger partial charge in [0.25, 0.3) is 6.01 Å². The molecule has 3 heterocycles. The zero-order valence-corrected chi connectivity index (χ0v) is 22.8. The maximum absolute atomic E-state index is 15.3. The molecule has 0 saturated heterocycles. The van der Waals surface area contributed by atoms with Crippen molar-refractivity contribution < 1.29 is 18.7 Å². The van der Waals surface area contributed by atoms with E-state index in [1.54, 1.807) is 44.2 Å². The second kappa shape index (κ2) is 10.3. The Morgan fingerprint density at radius 1 is 1.18 bits per heavy atom. The standard InChI is InChI=1S/C28H29ClFN7O3/c1-28(2,38)13-39-18-7-5-17(6-8-18)37-26-23(25(31)32-14-33-26)24(36-37)15-3-9-20(19(30)11-15)34-27-35-21-12-16(29)4-10-22(21)40-27/h3-4,9-12,14,17-18,38H,5-8,13H2,1-2H3,(H,34,35)(H2,31,32,33). The van der Waals surface area contributed by atoms with Crippen LogP contribution >= 0.6 is 11.6 Å². The third kappa shape index (κ3) is 5.32. The Labute approximate surface area is 234 Å². The average molecular weight is 566 g/mol. The third-order valence-electron chi connectivity index (χ3n) is 7.01. The van der Waals surface area contributed by atoms with Crippen LogP contribution in [-0.4, -0.2) is 48.2 Å². The Morgan fingerprint density at radius 3 is 2.73 bits per heavy atom. The van der Waals surface area contributed by atoms with Crippen LogP contribution in [0.4, 0.5) is 21.9 Å². The minimum absolute atomic E-state index is 0.0750. The number of anilines is 3. The minimum atomic E-state index is -0.865. The van der Waals surface area contributed by atoms with E-state index < -0.39 is 11.4 Å². The van der Waals surface area contributed by atoms with E-state index in [-0.39, 0.29) is 36.3 Å². The Kier molecular flexibility index (Phi) is 6.81. The van der Waals surface area contributed by atoms with Gasteiger partial charge in [-0.3, -0.25) is 0 Å². The van der Waals surface area contributed by atoms with Crippen molar-refractivity contribution in [2.45, 2.75) is 57.3 Å². The van der Waals surface area contributed by atoms with Gasteiger partial charge in [0.05, 0.1) is 35.4 Å². The highest BCUT2D eigenvalue weighted by Gasteiger charge is 2.28. The fourth-order valence-corrected chi connectivity index (χ4v) is 5.23. The molecule has 12 heteroatoms. The van der Waals surface area contributed by atoms with Gasteiger partial charge >= 0.3 is 0 Å². The number of aliphatic hydroxyl groups is 1. The van der Waals surface area contributed by atoms with Crippen molar-refractivity contribution in [1.82, 2.24) is 24.7 Å². The molecule has 0 unspecified atom stereocenters. The average Bonchev–Trinajstić information content (AvgIpc) is 3.50. The predicted molar refractivity (Wildman–Crippen MR) is 151 cm³/mol. The summed E-state index contributed by atoms with van der Waals surface area (Å²) >= 11 is 6.03. The molecule has 0 aliphatic heterocycles. The number of nitrogen functional groups attached to an aromatic ring is 1. The van der Waals surface area contributed by atoms with Gasteiger partial charge in [-0.05, 0) is 69.9 Å². The van der Waals surface area contributed by atoms with E-state index in [4.69, 9.17) is 31.6 Å². The molecule has 1 aliphatic carbocycles. The molecule has 10 nitrogen and oxygen atoms in total. The third-order valence-corrected chi connectivity index (χ3v) is 7.25. The van der Waals surface area contributed by atoms with Crippen LogP contribution in [0.3, 0.4) is 0 Å². The number of nitrogens with zero attached hydrogens (tertiary/aromatic N) is 5. The summed E-state index contributed by atoms with van der Waals surface area (Å²) in [4.78, 5) is 13.0. The van der Waals surface area contributed by atoms with Gasteiger partial charge in [0, 0.05) is 10.6 Å². The monoisotopic (exact) mass is 565 g/mol. The molecular formula is C28H29ClFN7O3. The predicted octanol–water partition coefficient (Wildman–Crippen LogP) is 6.02. The lowest BCUT2D eigenvalue weighted by Crippen LogP contribution is -2.32. The minimum Gasteiger partial charge on any atom is -0.423 e. The number of oxazole rings is 1. The maximum Gasteiger partial charge on any atom is 0.300 e. The summed E-state index contributed by atoms with van der Waals surface area (Å²) in [6.07, 6.45) is 4.80. The zero-order valence-electron chi connectivity index (χ0n) is 22.1. The van der Waals surface area contributed by atoms with E-state index in [9.17, 15) is 5.11 Å². The summed E-state index contributed by atoms with van der Waals surface area (Å²) in [6, 6.07) is 10.1. The normalized spacial score (nSPS) is 18.0. The molecule has 1 fully saturated rings. The number of hydrogen-bond acceptors (Lipinski definition) is 9. The van der Waals surface area contributed by atoms with E-state index in [0.717, 1.165) is 25.7 Å². The molecule has 2 aromatic carbocycles. The molecule has 0 radical (unpaired) electrons. The number of aromatic nitrogens is 5. The Balaban J connectivity index is 1.26. The van der Waals surface area contributed by atoms with Crippen LogP contribution in [-0.2, 0) is 4.74 Å². The van der Waals surface area contributed by atoms with Crippen LogP contribution in [0.5, 0.6) is 0 Å². The first-order chi connectivity index (χ1) is 19.1. The molecule has 208 valence electrons. The molecule has 0 amide bonds. The second-order valence-corrected chi connectivity index (χ2v) is 11.2. The van der Waals surface area contributed by atoms with Gasteiger partial charge in [0.2, 0.25) is 0 Å². The Hall–Kier alpha value is -3.80. The van der Waals surface area contributed by atoms with Crippen molar-refractivity contribution in [3.8, 4) is 11.3 Å². The van der Waals surface area contributed by atoms with Crippen LogP contribution in [0, 0.1) is 5.82 Å². The number of halogens is 2. The Morgan fingerprint density at radius 2 is 1.98 bits per heavy atom. The summed E-state index contributed by atoms with van der Waals surface area (Å²) in [7, 11) is 0. The second-order valence-electron chi connectivity index (χ2n) is 10.8. The molecule has 0 atom stereocenters. The lowest BCUT2D eigenvalue weighted by molar-refractivity contribution is -0.0656. The van der Waals surface area contributed by atoms with Crippen molar-refractivity contribution in [3.05, 3.63) is 53.6 Å². The highest BCUT2D eigenvalue weighted by Crippen LogP contribution is 2.37. The fourth-order valence-electron chi connectivity index (χ4n) is 5.06. The van der Waals surface area contributed by atoms with E-state index in [2.05, 4.69) is 20.3 Å². The van der Waals surface area contributed by atoms with Gasteiger partial charge < -0.3 is 25.3 Å². The fraction of sp³-hybridized carbons (Fsp3) is 0.357. The van der Waals surface area contributed by atoms with Crippen LogP contribution in [0.2, 0.25) is 5.02 Å². The van der Waals surface area contributed by atoms with Crippen molar-refractivity contribution in [2.24, 2.45) is 0 Å². The first-order valence-electron chi connectivity index (χ1n) is 13.1. The molecule has 0 spiro atoms. The van der Waals surface area contributed by atoms with Crippen LogP contribution in [0.25, 0.3) is 33.4 Å². The zero-order chi connectivity index (χ0) is 28.0. The molecule has 6 rings (SSSR count). The van der Waals surface area contributed by atoms with Gasteiger partial charge in [0.15, 0.2) is 11.2 Å². The van der Waals surface area contributed by atoms with E-state index in [0.29, 0.717) is 38.4 Å². The van der Waals surface area contributed by atoms with E-state index >= 15 is 4.39 Å². The largest absolute Gasteiger partial charge is 0.423 e. The van der Waals surface area contributed by atoms with Crippen molar-refractivity contribution in [3.63, 3.8) is 0 Å². The van der Waals surface area contributed by atoms with E-state index in [1.807, 2.05) is 4.68 Å². The molecule has 40 heavy (non-hydrogen) atoms. The molecule has 1 saturated carbocycles. The van der Waals surface area contributed by atoms with Crippen molar-refractivity contribution in [1.29, 1.82) is 0 Å². The lowest BCUT2D eigenvalue weighted by atomic mass is 9.93. The van der Waals surface area contributed by atoms with Crippen LogP contribution < -0.4 is 11.1 Å². The quantitative estimate of drug-likeness (QED) is 0.216. The first kappa shape index (κ1) is 26.4. The molecule has 5 aromatic rings. The molecule has 1 aliphatic rings. The number of fused-ring (bicyclic) bond motifs is 2. The Bertz CT molecular complexity index is 1690. The molecule has 0 bridgehead atoms. The number of nitrogens with two attached hydrogens (primary N) is 1. The van der Waals surface area contributed by atoms with Gasteiger partial charge in [-0.1, -0.05) is 17.7 Å². The van der Waals surface area contributed by atoms with E-state index in [1.165, 1.54) is 12.4 Å². The summed E-state index contributed by atoms with van der Waals surface area (Å²) in [5.74, 6) is -0.235. The summed E-state index contributed by atoms with van der Waals surface area (Å²) in [5, 5.41) is 18.8. The molecule has 3 aromatic heterocycles. The highest BCUT2D eigenvalue weighted by atomic mass is 35.5. The summed E-state index contributed by atoms with van der Waals surface area (Å²) < 4.78 is 28.8. The lowest BCUT2D eigenvalue weighted by Gasteiger charge is -2.30. The number of rotatable bonds is 7. The van der Waals surface area contributed by atoms with Gasteiger partial charge in [0.1, 0.15) is 29.2 Å². The number of ether oxygens (including phenoxy) is 1. The topological polar surface area (TPSA) is 137 Å². The summed E-state index contributed by atoms with van der Waals surface area (Å²) in [5.41, 5.74) is 8.36. The summed E-state index contributed by atoms with van der Waals surface area (Å²) in [6.45, 7) is 3.76. The van der Waals surface area contributed by atoms with Gasteiger partial charge in [-0.15, -0.1) is 0 Å². The highest BCUT2D eigenvalue weighted by molar-refractivity contribution is 6.31.